The Kier molecular flexibility index (Phi) is 3.76. The molecule has 0 atom stereocenters. The molecule has 4 heteroatoms. The van der Waals surface area contributed by atoms with Crippen LogP contribution in [-0.2, 0) is 0 Å². The van der Waals surface area contributed by atoms with E-state index in [1.165, 1.54) is 11.9 Å². The normalized spacial score (nSPS) is 10.7. The van der Waals surface area contributed by atoms with Crippen LogP contribution in [0.4, 0.5) is 0 Å². The summed E-state index contributed by atoms with van der Waals surface area (Å²) in [4.78, 5) is 11.5. The lowest BCUT2D eigenvalue weighted by atomic mass is 9.97. The zero-order valence-corrected chi connectivity index (χ0v) is 13.4. The Labute approximate surface area is 132 Å². The molecule has 1 N–H and O–H groups in total. The number of hydrogen-bond acceptors (Lipinski definition) is 2. The van der Waals surface area contributed by atoms with Crippen molar-refractivity contribution in [1.29, 1.82) is 0 Å². The van der Waals surface area contributed by atoms with Crippen molar-refractivity contribution >= 4 is 27.0 Å². The average Bonchev–Trinajstić information content (AvgIpc) is 2.94. The number of H-pyrrole nitrogens is 1. The van der Waals surface area contributed by atoms with Gasteiger partial charge in [-0.25, -0.2) is 9.97 Å². The van der Waals surface area contributed by atoms with Crippen molar-refractivity contribution in [2.75, 3.05) is 0 Å². The Balaban J connectivity index is 2.07. The van der Waals surface area contributed by atoms with E-state index in [9.17, 15) is 0 Å². The SMILES string of the molecule is CC(C)c1cc(Br)ccc1C#Cc1ncnc2[nH]ccc12. The van der Waals surface area contributed by atoms with E-state index in [-0.39, 0.29) is 0 Å². The monoisotopic (exact) mass is 339 g/mol. The van der Waals surface area contributed by atoms with E-state index in [1.807, 2.05) is 24.4 Å². The van der Waals surface area contributed by atoms with Crippen LogP contribution < -0.4 is 0 Å². The summed E-state index contributed by atoms with van der Waals surface area (Å²) in [6.45, 7) is 4.34. The third kappa shape index (κ3) is 2.84. The third-order valence-corrected chi connectivity index (χ3v) is 3.80. The van der Waals surface area contributed by atoms with Crippen LogP contribution >= 0.6 is 15.9 Å². The van der Waals surface area contributed by atoms with Crippen molar-refractivity contribution in [3.63, 3.8) is 0 Å². The van der Waals surface area contributed by atoms with Crippen molar-refractivity contribution in [2.24, 2.45) is 0 Å². The minimum absolute atomic E-state index is 0.421. The molecular formula is C17H14BrN3. The second-order valence-electron chi connectivity index (χ2n) is 5.10. The first kappa shape index (κ1) is 13.8. The molecule has 2 aromatic heterocycles. The van der Waals surface area contributed by atoms with Crippen molar-refractivity contribution in [3.05, 3.63) is 58.1 Å². The molecule has 21 heavy (non-hydrogen) atoms. The molecule has 3 rings (SSSR count). The summed E-state index contributed by atoms with van der Waals surface area (Å²) in [5.74, 6) is 6.83. The highest BCUT2D eigenvalue weighted by atomic mass is 79.9. The number of aromatic nitrogens is 3. The molecule has 0 bridgehead atoms. The second-order valence-corrected chi connectivity index (χ2v) is 6.01. The van der Waals surface area contributed by atoms with Crippen molar-refractivity contribution < 1.29 is 0 Å². The number of nitrogens with zero attached hydrogens (tertiary/aromatic N) is 2. The highest BCUT2D eigenvalue weighted by molar-refractivity contribution is 9.10. The van der Waals surface area contributed by atoms with Gasteiger partial charge in [0.15, 0.2) is 0 Å². The van der Waals surface area contributed by atoms with Gasteiger partial charge in [-0.1, -0.05) is 35.7 Å². The van der Waals surface area contributed by atoms with Crippen molar-refractivity contribution in [1.82, 2.24) is 15.0 Å². The third-order valence-electron chi connectivity index (χ3n) is 3.31. The molecule has 1 aromatic carbocycles. The van der Waals surface area contributed by atoms with Gasteiger partial charge in [0.25, 0.3) is 0 Å². The highest BCUT2D eigenvalue weighted by Crippen LogP contribution is 2.23. The van der Waals surface area contributed by atoms with E-state index in [1.54, 1.807) is 0 Å². The summed E-state index contributed by atoms with van der Waals surface area (Å²) in [7, 11) is 0. The summed E-state index contributed by atoms with van der Waals surface area (Å²) in [6, 6.07) is 8.13. The fourth-order valence-electron chi connectivity index (χ4n) is 2.22. The largest absolute Gasteiger partial charge is 0.346 e. The summed E-state index contributed by atoms with van der Waals surface area (Å²) in [5, 5.41) is 0.952. The summed E-state index contributed by atoms with van der Waals surface area (Å²) in [6.07, 6.45) is 3.39. The molecule has 0 aliphatic heterocycles. The van der Waals surface area contributed by atoms with Crippen LogP contribution in [0.1, 0.15) is 36.6 Å². The summed E-state index contributed by atoms with van der Waals surface area (Å²) >= 11 is 3.52. The number of benzene rings is 1. The second kappa shape index (κ2) is 5.71. The maximum atomic E-state index is 4.27. The van der Waals surface area contributed by atoms with Gasteiger partial charge in [0.1, 0.15) is 17.7 Å². The Morgan fingerprint density at radius 2 is 2.00 bits per heavy atom. The quantitative estimate of drug-likeness (QED) is 0.673. The fourth-order valence-corrected chi connectivity index (χ4v) is 2.60. The van der Waals surface area contributed by atoms with E-state index in [0.717, 1.165) is 26.8 Å². The Bertz CT molecular complexity index is 853. The average molecular weight is 340 g/mol. The molecule has 104 valence electrons. The van der Waals surface area contributed by atoms with Gasteiger partial charge in [0, 0.05) is 16.2 Å². The summed E-state index contributed by atoms with van der Waals surface area (Å²) in [5.41, 5.74) is 3.83. The van der Waals surface area contributed by atoms with Gasteiger partial charge in [-0.2, -0.15) is 0 Å². The van der Waals surface area contributed by atoms with E-state index in [0.29, 0.717) is 5.92 Å². The summed E-state index contributed by atoms with van der Waals surface area (Å²) < 4.78 is 1.08. The molecule has 0 aliphatic carbocycles. The van der Waals surface area contributed by atoms with E-state index < -0.39 is 0 Å². The Morgan fingerprint density at radius 3 is 2.81 bits per heavy atom. The molecule has 2 heterocycles. The molecule has 0 radical (unpaired) electrons. The van der Waals surface area contributed by atoms with Gasteiger partial charge in [-0.3, -0.25) is 0 Å². The highest BCUT2D eigenvalue weighted by Gasteiger charge is 2.06. The molecule has 0 saturated carbocycles. The van der Waals surface area contributed by atoms with Crippen LogP contribution in [0.3, 0.4) is 0 Å². The first-order valence-electron chi connectivity index (χ1n) is 6.74. The van der Waals surface area contributed by atoms with Gasteiger partial charge >= 0.3 is 0 Å². The van der Waals surface area contributed by atoms with Crippen LogP contribution in [0.15, 0.2) is 41.3 Å². The standard InChI is InChI=1S/C17H14BrN3/c1-11(2)15-9-13(18)5-3-12(15)4-6-16-14-7-8-19-17(14)21-10-20-16/h3,5,7-11H,1-2H3,(H,19,20,21). The van der Waals surface area contributed by atoms with E-state index >= 15 is 0 Å². The van der Waals surface area contributed by atoms with E-state index in [2.05, 4.69) is 62.6 Å². The zero-order chi connectivity index (χ0) is 14.8. The zero-order valence-electron chi connectivity index (χ0n) is 11.8. The van der Waals surface area contributed by atoms with Crippen LogP contribution in [0, 0.1) is 11.8 Å². The number of rotatable bonds is 1. The van der Waals surface area contributed by atoms with Gasteiger partial charge in [-0.05, 0) is 41.7 Å². The van der Waals surface area contributed by atoms with Gasteiger partial charge in [-0.15, -0.1) is 0 Å². The number of nitrogens with one attached hydrogen (secondary N) is 1. The molecule has 0 fully saturated rings. The maximum absolute atomic E-state index is 4.27. The minimum Gasteiger partial charge on any atom is -0.346 e. The van der Waals surface area contributed by atoms with Crippen molar-refractivity contribution in [3.8, 4) is 11.8 Å². The first-order valence-corrected chi connectivity index (χ1v) is 7.54. The predicted octanol–water partition coefficient (Wildman–Crippen LogP) is 4.24. The van der Waals surface area contributed by atoms with Crippen LogP contribution in [0.5, 0.6) is 0 Å². The minimum atomic E-state index is 0.421. The lowest BCUT2D eigenvalue weighted by Crippen LogP contribution is -1.93. The van der Waals surface area contributed by atoms with E-state index in [4.69, 9.17) is 0 Å². The van der Waals surface area contributed by atoms with Gasteiger partial charge < -0.3 is 4.98 Å². The molecule has 0 unspecified atom stereocenters. The lowest BCUT2D eigenvalue weighted by molar-refractivity contribution is 0.862. The smallest absolute Gasteiger partial charge is 0.141 e. The number of halogens is 1. The Morgan fingerprint density at radius 1 is 1.14 bits per heavy atom. The molecule has 3 aromatic rings. The Hall–Kier alpha value is -2.12. The molecule has 0 saturated heterocycles. The van der Waals surface area contributed by atoms with Gasteiger partial charge in [0.2, 0.25) is 0 Å². The van der Waals surface area contributed by atoms with Crippen LogP contribution in [-0.4, -0.2) is 15.0 Å². The molecule has 0 spiro atoms. The van der Waals surface area contributed by atoms with Crippen LogP contribution in [0.2, 0.25) is 0 Å². The molecular weight excluding hydrogens is 326 g/mol. The predicted molar refractivity (Wildman–Crippen MR) is 88.1 cm³/mol. The van der Waals surface area contributed by atoms with Gasteiger partial charge in [0.05, 0.1) is 5.39 Å². The molecule has 0 amide bonds. The first-order chi connectivity index (χ1) is 10.1. The molecule has 0 aliphatic rings. The number of aromatic amines is 1. The number of fused-ring (bicyclic) bond motifs is 1. The maximum Gasteiger partial charge on any atom is 0.141 e. The topological polar surface area (TPSA) is 41.6 Å². The lowest BCUT2D eigenvalue weighted by Gasteiger charge is -2.08. The number of hydrogen-bond donors (Lipinski definition) is 1. The molecule has 3 nitrogen and oxygen atoms in total. The fraction of sp³-hybridized carbons (Fsp3) is 0.176. The van der Waals surface area contributed by atoms with Crippen LogP contribution in [0.25, 0.3) is 11.0 Å². The van der Waals surface area contributed by atoms with Crippen molar-refractivity contribution in [2.45, 2.75) is 19.8 Å².